The van der Waals surface area contributed by atoms with Gasteiger partial charge in [-0.2, -0.15) is 0 Å². The van der Waals surface area contributed by atoms with Crippen molar-refractivity contribution in [3.63, 3.8) is 0 Å². The fraction of sp³-hybridized carbons (Fsp3) is 0.364. The highest BCUT2D eigenvalue weighted by Gasteiger charge is 2.37. The van der Waals surface area contributed by atoms with Gasteiger partial charge in [0.2, 0.25) is 0 Å². The summed E-state index contributed by atoms with van der Waals surface area (Å²) in [6, 6.07) is 5.05. The van der Waals surface area contributed by atoms with E-state index in [0.717, 1.165) is 18.5 Å². The fourth-order valence-corrected chi connectivity index (χ4v) is 3.90. The van der Waals surface area contributed by atoms with Crippen molar-refractivity contribution in [3.8, 4) is 17.2 Å². The Balaban J connectivity index is 2.07. The van der Waals surface area contributed by atoms with Crippen molar-refractivity contribution >= 4 is 11.9 Å². The summed E-state index contributed by atoms with van der Waals surface area (Å²) in [6.45, 7) is 0.717. The Bertz CT molecular complexity index is 898. The normalized spacial score (nSPS) is 19.6. The molecule has 2 aromatic rings. The summed E-state index contributed by atoms with van der Waals surface area (Å²) >= 11 is 0. The molecule has 7 heteroatoms. The third kappa shape index (κ3) is 4.11. The molecule has 154 valence electrons. The second-order valence-electron chi connectivity index (χ2n) is 7.03. The van der Waals surface area contributed by atoms with E-state index < -0.39 is 0 Å². The van der Waals surface area contributed by atoms with Crippen molar-refractivity contribution in [1.29, 1.82) is 0 Å². The summed E-state index contributed by atoms with van der Waals surface area (Å²) in [6.07, 6.45) is 7.05. The fourth-order valence-electron chi connectivity index (χ4n) is 3.90. The van der Waals surface area contributed by atoms with Gasteiger partial charge in [-0.3, -0.25) is 9.78 Å². The summed E-state index contributed by atoms with van der Waals surface area (Å²) in [5.74, 6) is -0.0544. The SMILES string of the molecule is COc1cc(OC)c(C2CCN(C)C2CO)c(O)c1C(=O)C=Cc1cccnc1. The zero-order valence-electron chi connectivity index (χ0n) is 16.8. The van der Waals surface area contributed by atoms with Crippen molar-refractivity contribution < 1.29 is 24.5 Å². The second kappa shape index (κ2) is 9.07. The summed E-state index contributed by atoms with van der Waals surface area (Å²) in [5.41, 5.74) is 1.37. The van der Waals surface area contributed by atoms with Gasteiger partial charge in [-0.1, -0.05) is 6.07 Å². The first-order chi connectivity index (χ1) is 14.0. The van der Waals surface area contributed by atoms with Crippen LogP contribution >= 0.6 is 0 Å². The van der Waals surface area contributed by atoms with E-state index in [9.17, 15) is 15.0 Å². The number of nitrogens with zero attached hydrogens (tertiary/aromatic N) is 2. The van der Waals surface area contributed by atoms with Crippen LogP contribution in [-0.4, -0.2) is 66.3 Å². The topological polar surface area (TPSA) is 92.1 Å². The molecule has 2 N–H and O–H groups in total. The van der Waals surface area contributed by atoms with E-state index in [4.69, 9.17) is 9.47 Å². The average Bonchev–Trinajstić information content (AvgIpc) is 3.11. The van der Waals surface area contributed by atoms with Gasteiger partial charge in [0.05, 0.1) is 20.8 Å². The maximum atomic E-state index is 13.0. The van der Waals surface area contributed by atoms with Crippen molar-refractivity contribution in [2.24, 2.45) is 0 Å². The molecule has 1 aromatic heterocycles. The van der Waals surface area contributed by atoms with Gasteiger partial charge in [-0.05, 0) is 43.8 Å². The van der Waals surface area contributed by atoms with E-state index in [0.29, 0.717) is 11.3 Å². The van der Waals surface area contributed by atoms with E-state index in [-0.39, 0.29) is 41.4 Å². The lowest BCUT2D eigenvalue weighted by molar-refractivity contribution is 0.104. The molecule has 1 aliphatic rings. The third-order valence-electron chi connectivity index (χ3n) is 5.45. The largest absolute Gasteiger partial charge is 0.507 e. The number of likely N-dealkylation sites (tertiary alicyclic amines) is 1. The first-order valence-electron chi connectivity index (χ1n) is 9.43. The number of rotatable bonds is 7. The minimum absolute atomic E-state index is 0.0556. The lowest BCUT2D eigenvalue weighted by atomic mass is 9.87. The number of benzene rings is 1. The second-order valence-corrected chi connectivity index (χ2v) is 7.03. The van der Waals surface area contributed by atoms with Crippen LogP contribution in [0.25, 0.3) is 6.08 Å². The molecule has 1 aromatic carbocycles. The molecule has 29 heavy (non-hydrogen) atoms. The molecule has 2 unspecified atom stereocenters. The number of carbonyl (C=O) groups excluding carboxylic acids is 1. The molecule has 1 fully saturated rings. The first kappa shape index (κ1) is 20.8. The predicted octanol–water partition coefficient (Wildman–Crippen LogP) is 2.48. The van der Waals surface area contributed by atoms with Crippen LogP contribution < -0.4 is 9.47 Å². The van der Waals surface area contributed by atoms with Crippen LogP contribution in [0.15, 0.2) is 36.7 Å². The number of ketones is 1. The van der Waals surface area contributed by atoms with E-state index in [1.807, 2.05) is 18.0 Å². The average molecular weight is 398 g/mol. The summed E-state index contributed by atoms with van der Waals surface area (Å²) < 4.78 is 10.9. The number of methoxy groups -OCH3 is 2. The monoisotopic (exact) mass is 398 g/mol. The Morgan fingerprint density at radius 1 is 1.34 bits per heavy atom. The molecule has 2 heterocycles. The Kier molecular flexibility index (Phi) is 6.51. The third-order valence-corrected chi connectivity index (χ3v) is 5.45. The summed E-state index contributed by atoms with van der Waals surface area (Å²) in [5, 5.41) is 21.0. The molecule has 7 nitrogen and oxygen atoms in total. The molecule has 0 radical (unpaired) electrons. The number of ether oxygens (including phenoxy) is 2. The van der Waals surface area contributed by atoms with Crippen LogP contribution in [0.3, 0.4) is 0 Å². The minimum Gasteiger partial charge on any atom is -0.507 e. The molecule has 2 atom stereocenters. The molecule has 0 bridgehead atoms. The lowest BCUT2D eigenvalue weighted by Gasteiger charge is -2.26. The van der Waals surface area contributed by atoms with Gasteiger partial charge in [0, 0.05) is 36.0 Å². The molecule has 3 rings (SSSR count). The van der Waals surface area contributed by atoms with Gasteiger partial charge >= 0.3 is 0 Å². The Morgan fingerprint density at radius 2 is 2.10 bits per heavy atom. The molecule has 1 saturated heterocycles. The van der Waals surface area contributed by atoms with E-state index in [1.165, 1.54) is 20.3 Å². The molecular formula is C22H26N2O5. The van der Waals surface area contributed by atoms with Crippen molar-refractivity contribution in [1.82, 2.24) is 9.88 Å². The van der Waals surface area contributed by atoms with Gasteiger partial charge in [0.25, 0.3) is 0 Å². The highest BCUT2D eigenvalue weighted by molar-refractivity contribution is 6.11. The van der Waals surface area contributed by atoms with Gasteiger partial charge in [0.15, 0.2) is 5.78 Å². The van der Waals surface area contributed by atoms with Gasteiger partial charge < -0.3 is 24.6 Å². The number of phenols is 1. The number of aromatic hydroxyl groups is 1. The van der Waals surface area contributed by atoms with Crippen LogP contribution in [-0.2, 0) is 0 Å². The zero-order chi connectivity index (χ0) is 21.0. The number of likely N-dealkylation sites (N-methyl/N-ethyl adjacent to an activating group) is 1. The Labute approximate surface area is 170 Å². The van der Waals surface area contributed by atoms with Crippen LogP contribution in [0.5, 0.6) is 17.2 Å². The Morgan fingerprint density at radius 3 is 2.72 bits per heavy atom. The predicted molar refractivity (Wildman–Crippen MR) is 110 cm³/mol. The lowest BCUT2D eigenvalue weighted by Crippen LogP contribution is -2.32. The molecule has 0 aliphatic carbocycles. The standard InChI is InChI=1S/C22H26N2O5/c1-24-10-8-15(16(24)13-25)20-18(28-2)11-19(29-3)21(22(20)27)17(26)7-6-14-5-4-9-23-12-14/h4-7,9,11-12,15-16,25,27H,8,10,13H2,1-3H3. The van der Waals surface area contributed by atoms with E-state index in [2.05, 4.69) is 4.98 Å². The molecule has 0 spiro atoms. The van der Waals surface area contributed by atoms with Crippen molar-refractivity contribution in [2.45, 2.75) is 18.4 Å². The van der Waals surface area contributed by atoms with Gasteiger partial charge in [-0.25, -0.2) is 0 Å². The molecule has 0 saturated carbocycles. The summed E-state index contributed by atoms with van der Waals surface area (Å²) in [7, 11) is 4.88. The number of aliphatic hydroxyl groups excluding tert-OH is 1. The number of phenolic OH excluding ortho intramolecular Hbond substituents is 1. The number of hydrogen-bond donors (Lipinski definition) is 2. The highest BCUT2D eigenvalue weighted by atomic mass is 16.5. The number of allylic oxidation sites excluding steroid dienone is 1. The van der Waals surface area contributed by atoms with Gasteiger partial charge in [0.1, 0.15) is 22.8 Å². The Hall–Kier alpha value is -2.90. The van der Waals surface area contributed by atoms with Crippen molar-refractivity contribution in [3.05, 3.63) is 53.4 Å². The van der Waals surface area contributed by atoms with E-state index >= 15 is 0 Å². The number of hydrogen-bond acceptors (Lipinski definition) is 7. The quantitative estimate of drug-likeness (QED) is 0.547. The maximum Gasteiger partial charge on any atom is 0.193 e. The maximum absolute atomic E-state index is 13.0. The first-order valence-corrected chi connectivity index (χ1v) is 9.43. The van der Waals surface area contributed by atoms with Crippen LogP contribution in [0.1, 0.15) is 33.8 Å². The molecular weight excluding hydrogens is 372 g/mol. The number of pyridine rings is 1. The smallest absolute Gasteiger partial charge is 0.193 e. The highest BCUT2D eigenvalue weighted by Crippen LogP contribution is 2.47. The summed E-state index contributed by atoms with van der Waals surface area (Å²) in [4.78, 5) is 19.0. The zero-order valence-corrected chi connectivity index (χ0v) is 16.8. The number of aliphatic hydroxyl groups is 1. The number of carbonyl (C=O) groups is 1. The van der Waals surface area contributed by atoms with Crippen molar-refractivity contribution in [2.75, 3.05) is 34.4 Å². The van der Waals surface area contributed by atoms with E-state index in [1.54, 1.807) is 30.6 Å². The van der Waals surface area contributed by atoms with Crippen LogP contribution in [0.4, 0.5) is 0 Å². The molecule has 1 aliphatic heterocycles. The molecule has 0 amide bonds. The number of aromatic nitrogens is 1. The van der Waals surface area contributed by atoms with Gasteiger partial charge in [-0.15, -0.1) is 0 Å². The van der Waals surface area contributed by atoms with Crippen LogP contribution in [0, 0.1) is 0 Å². The minimum atomic E-state index is -0.390. The van der Waals surface area contributed by atoms with Crippen LogP contribution in [0.2, 0.25) is 0 Å².